The second-order valence-corrected chi connectivity index (χ2v) is 7.18. The molecule has 0 unspecified atom stereocenters. The van der Waals surface area contributed by atoms with Crippen LogP contribution >= 0.6 is 0 Å². The number of unbranched alkanes of at least 4 members (excludes halogenated alkanes) is 1. The number of sulfone groups is 1. The lowest BCUT2D eigenvalue weighted by Crippen LogP contribution is -2.24. The minimum Gasteiger partial charge on any atom is -0.370 e. The highest BCUT2D eigenvalue weighted by Gasteiger charge is 2.29. The standard InChI is InChI=1S/C14H20N4O5S/c1-3-5-6-24(22,23)12-7-9(4-2)10(8-11(12)18(20)21)13(19)17-14(15)16/h7-8H,3-6H2,1-2H3,(H4,15,16,17,19). The number of nitro groups is 1. The largest absolute Gasteiger partial charge is 0.370 e. The Morgan fingerprint density at radius 1 is 1.29 bits per heavy atom. The SMILES string of the molecule is CCCCS(=O)(=O)c1cc(CC)c(C(=O)N=C(N)N)cc1[N+](=O)[O-]. The number of hydrogen-bond acceptors (Lipinski definition) is 5. The van der Waals surface area contributed by atoms with Crippen LogP contribution in [0.4, 0.5) is 5.69 Å². The lowest BCUT2D eigenvalue weighted by molar-refractivity contribution is -0.387. The molecule has 9 nitrogen and oxygen atoms in total. The predicted molar refractivity (Wildman–Crippen MR) is 89.6 cm³/mol. The summed E-state index contributed by atoms with van der Waals surface area (Å²) in [5.41, 5.74) is 9.88. The van der Waals surface area contributed by atoms with E-state index in [0.29, 0.717) is 18.4 Å². The molecule has 132 valence electrons. The number of benzene rings is 1. The molecule has 0 atom stereocenters. The zero-order chi connectivity index (χ0) is 18.5. The third-order valence-corrected chi connectivity index (χ3v) is 5.15. The molecule has 0 saturated heterocycles. The summed E-state index contributed by atoms with van der Waals surface area (Å²) < 4.78 is 24.8. The van der Waals surface area contributed by atoms with Crippen molar-refractivity contribution in [2.24, 2.45) is 16.5 Å². The first-order valence-electron chi connectivity index (χ1n) is 7.32. The zero-order valence-corrected chi connectivity index (χ0v) is 14.3. The molecule has 10 heteroatoms. The van der Waals surface area contributed by atoms with Gasteiger partial charge in [-0.15, -0.1) is 0 Å². The molecular formula is C14H20N4O5S. The third-order valence-electron chi connectivity index (χ3n) is 3.33. The lowest BCUT2D eigenvalue weighted by atomic mass is 10.0. The van der Waals surface area contributed by atoms with Crippen LogP contribution in [-0.2, 0) is 16.3 Å². The van der Waals surface area contributed by atoms with Gasteiger partial charge in [0.1, 0.15) is 4.90 Å². The zero-order valence-electron chi connectivity index (χ0n) is 13.5. The van der Waals surface area contributed by atoms with Gasteiger partial charge < -0.3 is 11.5 Å². The number of amides is 1. The highest BCUT2D eigenvalue weighted by atomic mass is 32.2. The van der Waals surface area contributed by atoms with Crippen molar-refractivity contribution in [2.75, 3.05) is 5.75 Å². The fraction of sp³-hybridized carbons (Fsp3) is 0.429. The minimum absolute atomic E-state index is 0.0907. The molecule has 1 aromatic rings. The molecule has 1 aromatic carbocycles. The van der Waals surface area contributed by atoms with Crippen molar-refractivity contribution in [3.05, 3.63) is 33.4 Å². The number of aryl methyl sites for hydroxylation is 1. The average Bonchev–Trinajstić information content (AvgIpc) is 2.50. The second-order valence-electron chi connectivity index (χ2n) is 5.10. The van der Waals surface area contributed by atoms with E-state index >= 15 is 0 Å². The highest BCUT2D eigenvalue weighted by Crippen LogP contribution is 2.30. The van der Waals surface area contributed by atoms with E-state index in [2.05, 4.69) is 4.99 Å². The van der Waals surface area contributed by atoms with Crippen LogP contribution in [0.3, 0.4) is 0 Å². The van der Waals surface area contributed by atoms with Crippen LogP contribution in [0.25, 0.3) is 0 Å². The van der Waals surface area contributed by atoms with E-state index in [4.69, 9.17) is 11.5 Å². The topological polar surface area (TPSA) is 159 Å². The molecule has 0 aliphatic carbocycles. The number of hydrogen-bond donors (Lipinski definition) is 2. The summed E-state index contributed by atoms with van der Waals surface area (Å²) in [6, 6.07) is 2.09. The fourth-order valence-corrected chi connectivity index (χ4v) is 3.78. The molecule has 0 bridgehead atoms. The van der Waals surface area contributed by atoms with Crippen molar-refractivity contribution in [2.45, 2.75) is 38.0 Å². The number of aliphatic imine (C=N–C) groups is 1. The molecule has 1 rings (SSSR count). The first-order valence-corrected chi connectivity index (χ1v) is 8.97. The molecule has 24 heavy (non-hydrogen) atoms. The van der Waals surface area contributed by atoms with Gasteiger partial charge in [0.2, 0.25) is 0 Å². The van der Waals surface area contributed by atoms with E-state index in [1.54, 1.807) is 6.92 Å². The van der Waals surface area contributed by atoms with E-state index in [0.717, 1.165) is 6.07 Å². The Morgan fingerprint density at radius 3 is 2.38 bits per heavy atom. The molecule has 0 heterocycles. The Morgan fingerprint density at radius 2 is 1.92 bits per heavy atom. The maximum atomic E-state index is 12.4. The number of rotatable bonds is 7. The number of carbonyl (C=O) groups excluding carboxylic acids is 1. The third kappa shape index (κ3) is 4.51. The monoisotopic (exact) mass is 356 g/mol. The van der Waals surface area contributed by atoms with Crippen LogP contribution in [0.2, 0.25) is 0 Å². The fourth-order valence-electron chi connectivity index (χ4n) is 2.12. The van der Waals surface area contributed by atoms with Gasteiger partial charge in [-0.05, 0) is 24.5 Å². The smallest absolute Gasteiger partial charge is 0.288 e. The van der Waals surface area contributed by atoms with E-state index in [1.807, 2.05) is 6.92 Å². The van der Waals surface area contributed by atoms with Crippen molar-refractivity contribution < 1.29 is 18.1 Å². The van der Waals surface area contributed by atoms with Gasteiger partial charge >= 0.3 is 0 Å². The first kappa shape index (κ1) is 19.6. The normalized spacial score (nSPS) is 11.1. The summed E-state index contributed by atoms with van der Waals surface area (Å²) in [6.07, 6.45) is 1.31. The van der Waals surface area contributed by atoms with Gasteiger partial charge in [0, 0.05) is 6.07 Å². The molecule has 1 amide bonds. The van der Waals surface area contributed by atoms with Gasteiger partial charge in [0.15, 0.2) is 15.8 Å². The Kier molecular flexibility index (Phi) is 6.41. The van der Waals surface area contributed by atoms with Crippen molar-refractivity contribution >= 4 is 27.4 Å². The van der Waals surface area contributed by atoms with Gasteiger partial charge in [-0.3, -0.25) is 14.9 Å². The number of guanidine groups is 1. The van der Waals surface area contributed by atoms with E-state index in [9.17, 15) is 23.3 Å². The van der Waals surface area contributed by atoms with E-state index < -0.39 is 32.3 Å². The van der Waals surface area contributed by atoms with E-state index in [-0.39, 0.29) is 22.6 Å². The van der Waals surface area contributed by atoms with Crippen molar-refractivity contribution in [3.63, 3.8) is 0 Å². The van der Waals surface area contributed by atoms with Gasteiger partial charge in [0.25, 0.3) is 11.6 Å². The maximum absolute atomic E-state index is 12.4. The predicted octanol–water partition coefficient (Wildman–Crippen LogP) is 1.14. The van der Waals surface area contributed by atoms with Crippen molar-refractivity contribution in [3.8, 4) is 0 Å². The summed E-state index contributed by atoms with van der Waals surface area (Å²) >= 11 is 0. The van der Waals surface area contributed by atoms with Crippen molar-refractivity contribution in [1.82, 2.24) is 0 Å². The van der Waals surface area contributed by atoms with Gasteiger partial charge in [0.05, 0.1) is 16.2 Å². The average molecular weight is 356 g/mol. The van der Waals surface area contributed by atoms with Crippen LogP contribution in [0.5, 0.6) is 0 Å². The van der Waals surface area contributed by atoms with Gasteiger partial charge in [-0.2, -0.15) is 4.99 Å². The summed E-state index contributed by atoms with van der Waals surface area (Å²) in [7, 11) is -3.83. The van der Waals surface area contributed by atoms with E-state index in [1.165, 1.54) is 6.07 Å². The first-order chi connectivity index (χ1) is 11.1. The van der Waals surface area contributed by atoms with Crippen LogP contribution in [-0.4, -0.2) is 31.0 Å². The summed E-state index contributed by atoms with van der Waals surface area (Å²) in [6.45, 7) is 3.51. The number of nitrogens with two attached hydrogens (primary N) is 2. The summed E-state index contributed by atoms with van der Waals surface area (Å²) in [4.78, 5) is 25.4. The number of nitro benzene ring substituents is 1. The summed E-state index contributed by atoms with van der Waals surface area (Å²) in [5, 5.41) is 11.3. The van der Waals surface area contributed by atoms with Crippen LogP contribution in [0, 0.1) is 10.1 Å². The summed E-state index contributed by atoms with van der Waals surface area (Å²) in [5.74, 6) is -1.54. The molecule has 0 spiro atoms. The van der Waals surface area contributed by atoms with Crippen LogP contribution in [0.1, 0.15) is 42.6 Å². The highest BCUT2D eigenvalue weighted by molar-refractivity contribution is 7.91. The molecule has 0 fully saturated rings. The molecule has 0 radical (unpaired) electrons. The van der Waals surface area contributed by atoms with Gasteiger partial charge in [-0.1, -0.05) is 20.3 Å². The lowest BCUT2D eigenvalue weighted by Gasteiger charge is -2.10. The Balaban J connectivity index is 3.62. The molecule has 0 saturated carbocycles. The Hall–Kier alpha value is -2.49. The molecule has 0 aromatic heterocycles. The maximum Gasteiger partial charge on any atom is 0.288 e. The van der Waals surface area contributed by atoms with Gasteiger partial charge in [-0.25, -0.2) is 8.42 Å². The quantitative estimate of drug-likeness (QED) is 0.321. The molecular weight excluding hydrogens is 336 g/mol. The second kappa shape index (κ2) is 7.86. The molecule has 0 aliphatic heterocycles. The number of carbonyl (C=O) groups is 1. The van der Waals surface area contributed by atoms with Crippen LogP contribution in [0.15, 0.2) is 22.0 Å². The van der Waals surface area contributed by atoms with Crippen LogP contribution < -0.4 is 11.5 Å². The number of nitrogens with zero attached hydrogens (tertiary/aromatic N) is 2. The van der Waals surface area contributed by atoms with Crippen molar-refractivity contribution in [1.29, 1.82) is 0 Å². The minimum atomic E-state index is -3.83. The molecule has 4 N–H and O–H groups in total. The Bertz CT molecular complexity index is 783. The Labute approximate surface area is 139 Å². The molecule has 0 aliphatic rings.